The van der Waals surface area contributed by atoms with E-state index in [0.29, 0.717) is 49.2 Å². The van der Waals surface area contributed by atoms with Gasteiger partial charge in [0.15, 0.2) is 0 Å². The van der Waals surface area contributed by atoms with Crippen molar-refractivity contribution in [2.75, 3.05) is 18.0 Å². The van der Waals surface area contributed by atoms with E-state index in [1.807, 2.05) is 0 Å². The van der Waals surface area contributed by atoms with Crippen LogP contribution in [0.4, 0.5) is 5.69 Å². The van der Waals surface area contributed by atoms with E-state index in [1.165, 1.54) is 12.1 Å². The molecular weight excluding hydrogens is 574 g/mol. The fraction of sp³-hybridized carbons (Fsp3) is 0.433. The maximum atomic E-state index is 13.2. The lowest BCUT2D eigenvalue weighted by molar-refractivity contribution is -0.142. The maximum Gasteiger partial charge on any atom is 0.326 e. The molecule has 2 aromatic rings. The number of amides is 3. The SMILES string of the molecule is CC(=N)CCC(=O)NC1CCCN(c2ccc(C[C@H](NC(=O)[C@@H]3CCCN3S(=O)(=O)c3ccccc3)C(=O)O)cc2)C1=O. The van der Waals surface area contributed by atoms with Gasteiger partial charge in [0.25, 0.3) is 0 Å². The molecule has 230 valence electrons. The minimum atomic E-state index is -3.92. The van der Waals surface area contributed by atoms with Gasteiger partial charge in [-0.05, 0) is 68.9 Å². The quantitative estimate of drug-likeness (QED) is 0.266. The molecule has 2 aromatic carbocycles. The second kappa shape index (κ2) is 13.9. The highest BCUT2D eigenvalue weighted by molar-refractivity contribution is 7.89. The Hall–Kier alpha value is -4.10. The number of carboxylic acids is 1. The molecule has 43 heavy (non-hydrogen) atoms. The van der Waals surface area contributed by atoms with Crippen LogP contribution in [0.25, 0.3) is 0 Å². The number of carboxylic acid groups (broad SMARTS) is 1. The minimum absolute atomic E-state index is 0.0431. The molecule has 2 fully saturated rings. The molecule has 12 nitrogen and oxygen atoms in total. The Bertz CT molecular complexity index is 1460. The molecule has 3 atom stereocenters. The van der Waals surface area contributed by atoms with E-state index in [1.54, 1.807) is 54.3 Å². The smallest absolute Gasteiger partial charge is 0.326 e. The summed E-state index contributed by atoms with van der Waals surface area (Å²) >= 11 is 0. The van der Waals surface area contributed by atoms with Gasteiger partial charge in [-0.15, -0.1) is 0 Å². The topological polar surface area (TPSA) is 177 Å². The Morgan fingerprint density at radius 1 is 1.00 bits per heavy atom. The minimum Gasteiger partial charge on any atom is -0.480 e. The van der Waals surface area contributed by atoms with Crippen molar-refractivity contribution in [2.45, 2.75) is 74.9 Å². The van der Waals surface area contributed by atoms with Gasteiger partial charge in [-0.25, -0.2) is 13.2 Å². The first-order valence-corrected chi connectivity index (χ1v) is 15.7. The van der Waals surface area contributed by atoms with Crippen molar-refractivity contribution in [2.24, 2.45) is 0 Å². The van der Waals surface area contributed by atoms with Crippen molar-refractivity contribution in [3.05, 3.63) is 60.2 Å². The summed E-state index contributed by atoms with van der Waals surface area (Å²) in [6, 6.07) is 11.6. The Kier molecular flexibility index (Phi) is 10.3. The monoisotopic (exact) mass is 611 g/mol. The summed E-state index contributed by atoms with van der Waals surface area (Å²) in [6.07, 6.45) is 2.41. The highest BCUT2D eigenvalue weighted by Gasteiger charge is 2.40. The predicted molar refractivity (Wildman–Crippen MR) is 159 cm³/mol. The molecule has 13 heteroatoms. The average Bonchev–Trinajstić information content (AvgIpc) is 3.49. The van der Waals surface area contributed by atoms with Crippen LogP contribution in [0, 0.1) is 5.41 Å². The molecule has 0 saturated carbocycles. The summed E-state index contributed by atoms with van der Waals surface area (Å²) in [7, 11) is -3.92. The van der Waals surface area contributed by atoms with E-state index in [9.17, 15) is 32.7 Å². The summed E-state index contributed by atoms with van der Waals surface area (Å²) < 4.78 is 27.4. The second-order valence-corrected chi connectivity index (χ2v) is 12.8. The van der Waals surface area contributed by atoms with E-state index in [0.717, 1.165) is 4.31 Å². The standard InChI is InChI=1S/C30H37N5O7S/c1-20(31)11-16-27(36)32-24-9-5-17-34(29(24)38)22-14-12-21(13-15-22)19-25(30(39)40)33-28(37)26-10-6-18-35(26)43(41,42)23-7-3-2-4-8-23/h2-4,7-8,12-15,24-26,31H,5-6,9-11,16-19H2,1H3,(H,32,36)(H,33,37)(H,39,40)/t24?,25-,26-/m0/s1. The van der Waals surface area contributed by atoms with Crippen molar-refractivity contribution >= 4 is 45.1 Å². The third-order valence-electron chi connectivity index (χ3n) is 7.66. The number of anilines is 1. The molecule has 0 aliphatic carbocycles. The van der Waals surface area contributed by atoms with Gasteiger partial charge in [-0.1, -0.05) is 30.3 Å². The molecule has 0 spiro atoms. The summed E-state index contributed by atoms with van der Waals surface area (Å²) in [6.45, 7) is 2.26. The number of carbonyl (C=O) groups is 4. The van der Waals surface area contributed by atoms with Gasteiger partial charge in [0, 0.05) is 37.3 Å². The highest BCUT2D eigenvalue weighted by atomic mass is 32.2. The Balaban J connectivity index is 1.39. The van der Waals surface area contributed by atoms with Gasteiger partial charge in [0.2, 0.25) is 27.7 Å². The number of hydrogen-bond donors (Lipinski definition) is 4. The van der Waals surface area contributed by atoms with Gasteiger partial charge < -0.3 is 26.0 Å². The van der Waals surface area contributed by atoms with Crippen LogP contribution in [0.3, 0.4) is 0 Å². The molecule has 2 saturated heterocycles. The van der Waals surface area contributed by atoms with Crippen LogP contribution in [-0.4, -0.2) is 78.4 Å². The van der Waals surface area contributed by atoms with Gasteiger partial charge in [-0.2, -0.15) is 4.31 Å². The molecule has 0 aromatic heterocycles. The zero-order valence-electron chi connectivity index (χ0n) is 24.0. The average molecular weight is 612 g/mol. The van der Waals surface area contributed by atoms with Crippen LogP contribution >= 0.6 is 0 Å². The first-order valence-electron chi connectivity index (χ1n) is 14.3. The Labute approximate surface area is 251 Å². The van der Waals surface area contributed by atoms with E-state index in [2.05, 4.69) is 10.6 Å². The molecule has 3 amide bonds. The van der Waals surface area contributed by atoms with Gasteiger partial charge in [0.1, 0.15) is 18.1 Å². The second-order valence-electron chi connectivity index (χ2n) is 10.9. The van der Waals surface area contributed by atoms with Gasteiger partial charge in [0.05, 0.1) is 4.90 Å². The van der Waals surface area contributed by atoms with Crippen molar-refractivity contribution < 1.29 is 32.7 Å². The number of nitrogens with zero attached hydrogens (tertiary/aromatic N) is 2. The summed E-state index contributed by atoms with van der Waals surface area (Å²) in [4.78, 5) is 52.2. The first-order chi connectivity index (χ1) is 20.5. The van der Waals surface area contributed by atoms with E-state index >= 15 is 0 Å². The predicted octanol–water partition coefficient (Wildman–Crippen LogP) is 2.08. The number of piperidine rings is 1. The van der Waals surface area contributed by atoms with E-state index in [-0.39, 0.29) is 42.5 Å². The summed E-state index contributed by atoms with van der Waals surface area (Å²) in [5.41, 5.74) is 1.60. The third kappa shape index (κ3) is 7.85. The Morgan fingerprint density at radius 2 is 1.67 bits per heavy atom. The highest BCUT2D eigenvalue weighted by Crippen LogP contribution is 2.27. The van der Waals surface area contributed by atoms with Crippen LogP contribution in [0.5, 0.6) is 0 Å². The zero-order chi connectivity index (χ0) is 31.1. The number of benzene rings is 2. The molecule has 4 N–H and O–H groups in total. The van der Waals surface area contributed by atoms with Crippen LogP contribution < -0.4 is 15.5 Å². The molecule has 2 heterocycles. The fourth-order valence-electron chi connectivity index (χ4n) is 5.37. The van der Waals surface area contributed by atoms with Gasteiger partial charge >= 0.3 is 5.97 Å². The number of rotatable bonds is 12. The number of aliphatic carboxylic acids is 1. The lowest BCUT2D eigenvalue weighted by Crippen LogP contribution is -2.52. The van der Waals surface area contributed by atoms with Crippen LogP contribution in [0.15, 0.2) is 59.5 Å². The van der Waals surface area contributed by atoms with Gasteiger partial charge in [-0.3, -0.25) is 14.4 Å². The molecule has 2 aliphatic rings. The van der Waals surface area contributed by atoms with Crippen molar-refractivity contribution in [3.8, 4) is 0 Å². The molecule has 0 bridgehead atoms. The fourth-order valence-corrected chi connectivity index (χ4v) is 7.04. The summed E-state index contributed by atoms with van der Waals surface area (Å²) in [5.74, 6) is -2.43. The third-order valence-corrected chi connectivity index (χ3v) is 9.58. The Morgan fingerprint density at radius 3 is 2.33 bits per heavy atom. The number of hydrogen-bond acceptors (Lipinski definition) is 7. The van der Waals surface area contributed by atoms with Crippen molar-refractivity contribution in [3.63, 3.8) is 0 Å². The van der Waals surface area contributed by atoms with Crippen molar-refractivity contribution in [1.82, 2.24) is 14.9 Å². The van der Waals surface area contributed by atoms with Crippen LogP contribution in [0.1, 0.15) is 51.0 Å². The molecule has 1 unspecified atom stereocenters. The number of carbonyl (C=O) groups excluding carboxylic acids is 3. The van der Waals surface area contributed by atoms with Crippen LogP contribution in [0.2, 0.25) is 0 Å². The molecule has 2 aliphatic heterocycles. The first kappa shape index (κ1) is 31.8. The van der Waals surface area contributed by atoms with Crippen molar-refractivity contribution in [1.29, 1.82) is 5.41 Å². The molecular formula is C30H37N5O7S. The van der Waals surface area contributed by atoms with Crippen LogP contribution in [-0.2, 0) is 35.6 Å². The van der Waals surface area contributed by atoms with E-state index in [4.69, 9.17) is 5.41 Å². The lowest BCUT2D eigenvalue weighted by atomic mass is 10.0. The van der Waals surface area contributed by atoms with E-state index < -0.39 is 40.0 Å². The number of sulfonamides is 1. The molecule has 4 rings (SSSR count). The number of nitrogens with one attached hydrogen (secondary N) is 3. The maximum absolute atomic E-state index is 13.2. The zero-order valence-corrected chi connectivity index (χ0v) is 24.8. The normalized spacial score (nSPS) is 19.9. The molecule has 0 radical (unpaired) electrons. The summed E-state index contributed by atoms with van der Waals surface area (Å²) in [5, 5.41) is 22.6. The largest absolute Gasteiger partial charge is 0.480 e. The lowest BCUT2D eigenvalue weighted by Gasteiger charge is -2.33.